The van der Waals surface area contributed by atoms with Crippen molar-refractivity contribution >= 4 is 21.4 Å². The average molecular weight is 273 g/mol. The van der Waals surface area contributed by atoms with Crippen LogP contribution in [0.15, 0.2) is 28.7 Å². The summed E-state index contributed by atoms with van der Waals surface area (Å²) in [6.07, 6.45) is 2.96. The fourth-order valence-corrected chi connectivity index (χ4v) is 2.90. The zero-order chi connectivity index (χ0) is 12.3. The smallest absolute Gasteiger partial charge is 0.242 e. The summed E-state index contributed by atoms with van der Waals surface area (Å²) in [5.74, 6) is 0. The number of hydrogen-bond donors (Lipinski definition) is 3. The fourth-order valence-electron chi connectivity index (χ4n) is 1.25. The minimum Gasteiger partial charge on any atom is -0.390 e. The van der Waals surface area contributed by atoms with Crippen molar-refractivity contribution in [2.45, 2.75) is 18.0 Å². The van der Waals surface area contributed by atoms with Crippen LogP contribution in [-0.2, 0) is 23.2 Å². The van der Waals surface area contributed by atoms with Gasteiger partial charge in [0, 0.05) is 23.5 Å². The molecule has 0 aliphatic carbocycles. The summed E-state index contributed by atoms with van der Waals surface area (Å²) >= 11 is 1.38. The molecule has 0 radical (unpaired) electrons. The van der Waals surface area contributed by atoms with Gasteiger partial charge in [0.15, 0.2) is 0 Å². The van der Waals surface area contributed by atoms with Crippen molar-refractivity contribution in [3.05, 3.63) is 34.5 Å². The van der Waals surface area contributed by atoms with Crippen LogP contribution < -0.4 is 4.72 Å². The minimum atomic E-state index is -3.55. The molecule has 6 nitrogen and oxygen atoms in total. The van der Waals surface area contributed by atoms with Gasteiger partial charge < -0.3 is 10.1 Å². The molecular weight excluding hydrogens is 262 g/mol. The van der Waals surface area contributed by atoms with Crippen molar-refractivity contribution in [3.8, 4) is 0 Å². The number of sulfonamides is 1. The van der Waals surface area contributed by atoms with Crippen LogP contribution in [0.5, 0.6) is 0 Å². The number of nitrogens with one attached hydrogen (secondary N) is 2. The van der Waals surface area contributed by atoms with E-state index in [4.69, 9.17) is 5.11 Å². The molecule has 0 spiro atoms. The van der Waals surface area contributed by atoms with E-state index in [1.54, 1.807) is 11.6 Å². The van der Waals surface area contributed by atoms with E-state index >= 15 is 0 Å². The standard InChI is InChI=1S/C9H11N3O3S2/c13-6-7-3-8(4-11-7)17(14,15)12-5-9-10-1-2-16-9/h1-4,11-13H,5-6H2. The number of thiazole rings is 1. The molecule has 0 unspecified atom stereocenters. The largest absolute Gasteiger partial charge is 0.390 e. The second-order valence-corrected chi connectivity index (χ2v) is 6.02. The normalized spacial score (nSPS) is 11.8. The number of H-pyrrole nitrogens is 1. The molecule has 0 fully saturated rings. The van der Waals surface area contributed by atoms with E-state index in [-0.39, 0.29) is 18.0 Å². The Labute approximate surface area is 102 Å². The maximum atomic E-state index is 11.8. The van der Waals surface area contributed by atoms with Gasteiger partial charge in [0.1, 0.15) is 5.01 Å². The zero-order valence-corrected chi connectivity index (χ0v) is 10.4. The molecule has 2 rings (SSSR count). The quantitative estimate of drug-likeness (QED) is 0.736. The van der Waals surface area contributed by atoms with Crippen molar-refractivity contribution in [2.24, 2.45) is 0 Å². The van der Waals surface area contributed by atoms with E-state index in [2.05, 4.69) is 14.7 Å². The number of aliphatic hydroxyl groups is 1. The van der Waals surface area contributed by atoms with Gasteiger partial charge in [-0.25, -0.2) is 18.1 Å². The Morgan fingerprint density at radius 2 is 2.35 bits per heavy atom. The van der Waals surface area contributed by atoms with Crippen LogP contribution in [0, 0.1) is 0 Å². The van der Waals surface area contributed by atoms with Crippen molar-refractivity contribution < 1.29 is 13.5 Å². The van der Waals surface area contributed by atoms with Crippen LogP contribution >= 0.6 is 11.3 Å². The molecule has 0 aromatic carbocycles. The lowest BCUT2D eigenvalue weighted by atomic mass is 10.5. The molecule has 92 valence electrons. The molecule has 3 N–H and O–H groups in total. The summed E-state index contributed by atoms with van der Waals surface area (Å²) in [4.78, 5) is 6.76. The number of rotatable bonds is 5. The van der Waals surface area contributed by atoms with Gasteiger partial charge in [-0.1, -0.05) is 0 Å². The van der Waals surface area contributed by atoms with Gasteiger partial charge in [-0.05, 0) is 6.07 Å². The van der Waals surface area contributed by atoms with Crippen LogP contribution in [-0.4, -0.2) is 23.5 Å². The highest BCUT2D eigenvalue weighted by Crippen LogP contribution is 2.12. The number of hydrogen-bond acceptors (Lipinski definition) is 5. The Kier molecular flexibility index (Phi) is 3.57. The predicted octanol–water partition coefficient (Wildman–Crippen LogP) is 0.442. The predicted molar refractivity (Wildman–Crippen MR) is 62.9 cm³/mol. The number of nitrogens with zero attached hydrogens (tertiary/aromatic N) is 1. The Balaban J connectivity index is 2.08. The number of aliphatic hydroxyl groups excluding tert-OH is 1. The van der Waals surface area contributed by atoms with E-state index in [1.165, 1.54) is 23.6 Å². The van der Waals surface area contributed by atoms with Gasteiger partial charge in [0.05, 0.1) is 18.0 Å². The number of aromatic nitrogens is 2. The molecule has 2 aromatic rings. The van der Waals surface area contributed by atoms with Crippen LogP contribution in [0.2, 0.25) is 0 Å². The Hall–Kier alpha value is -1.22. The van der Waals surface area contributed by atoms with Gasteiger partial charge in [0.25, 0.3) is 0 Å². The Morgan fingerprint density at radius 3 is 2.94 bits per heavy atom. The third kappa shape index (κ3) is 2.91. The summed E-state index contributed by atoms with van der Waals surface area (Å²) in [5, 5.41) is 11.3. The first-order valence-corrected chi connectivity index (χ1v) is 7.14. The highest BCUT2D eigenvalue weighted by atomic mass is 32.2. The molecule has 17 heavy (non-hydrogen) atoms. The molecule has 0 aliphatic rings. The second kappa shape index (κ2) is 4.96. The molecule has 2 aromatic heterocycles. The molecule has 0 amide bonds. The summed E-state index contributed by atoms with van der Waals surface area (Å²) in [5.41, 5.74) is 0.458. The van der Waals surface area contributed by atoms with Crippen molar-refractivity contribution in [1.29, 1.82) is 0 Å². The Bertz CT molecular complexity index is 574. The monoisotopic (exact) mass is 273 g/mol. The highest BCUT2D eigenvalue weighted by Gasteiger charge is 2.15. The van der Waals surface area contributed by atoms with E-state index in [0.29, 0.717) is 10.7 Å². The SMILES string of the molecule is O=S(=O)(NCc1nccs1)c1c[nH]c(CO)c1. The van der Waals surface area contributed by atoms with Gasteiger partial charge in [-0.15, -0.1) is 11.3 Å². The lowest BCUT2D eigenvalue weighted by molar-refractivity contribution is 0.277. The molecular formula is C9H11N3O3S2. The molecule has 0 saturated heterocycles. The summed E-state index contributed by atoms with van der Waals surface area (Å²) in [6, 6.07) is 1.39. The summed E-state index contributed by atoms with van der Waals surface area (Å²) in [7, 11) is -3.55. The molecule has 0 aliphatic heterocycles. The molecule has 0 saturated carbocycles. The van der Waals surface area contributed by atoms with Crippen LogP contribution in [0.25, 0.3) is 0 Å². The number of aromatic amines is 1. The third-order valence-electron chi connectivity index (χ3n) is 2.09. The first kappa shape index (κ1) is 12.2. The van der Waals surface area contributed by atoms with E-state index in [0.717, 1.165) is 0 Å². The lowest BCUT2D eigenvalue weighted by Gasteiger charge is -2.01. The van der Waals surface area contributed by atoms with Gasteiger partial charge >= 0.3 is 0 Å². The van der Waals surface area contributed by atoms with Gasteiger partial charge in [-0.3, -0.25) is 0 Å². The minimum absolute atomic E-state index is 0.109. The van der Waals surface area contributed by atoms with Crippen LogP contribution in [0.1, 0.15) is 10.7 Å². The lowest BCUT2D eigenvalue weighted by Crippen LogP contribution is -2.22. The van der Waals surface area contributed by atoms with Crippen molar-refractivity contribution in [3.63, 3.8) is 0 Å². The second-order valence-electron chi connectivity index (χ2n) is 3.27. The highest BCUT2D eigenvalue weighted by molar-refractivity contribution is 7.89. The summed E-state index contributed by atoms with van der Waals surface area (Å²) < 4.78 is 26.1. The fraction of sp³-hybridized carbons (Fsp3) is 0.222. The maximum absolute atomic E-state index is 11.8. The van der Waals surface area contributed by atoms with E-state index < -0.39 is 10.0 Å². The summed E-state index contributed by atoms with van der Waals surface area (Å²) in [6.45, 7) is -0.0539. The maximum Gasteiger partial charge on any atom is 0.242 e. The van der Waals surface area contributed by atoms with Crippen molar-refractivity contribution in [1.82, 2.24) is 14.7 Å². The average Bonchev–Trinajstić information content (AvgIpc) is 2.98. The van der Waals surface area contributed by atoms with Crippen LogP contribution in [0.4, 0.5) is 0 Å². The first-order valence-electron chi connectivity index (χ1n) is 4.78. The van der Waals surface area contributed by atoms with Gasteiger partial charge in [0.2, 0.25) is 10.0 Å². The van der Waals surface area contributed by atoms with E-state index in [9.17, 15) is 8.42 Å². The van der Waals surface area contributed by atoms with Crippen molar-refractivity contribution in [2.75, 3.05) is 0 Å². The molecule has 0 atom stereocenters. The first-order chi connectivity index (χ1) is 8.12. The molecule has 8 heteroatoms. The topological polar surface area (TPSA) is 95.1 Å². The third-order valence-corrected chi connectivity index (χ3v) is 4.25. The van der Waals surface area contributed by atoms with E-state index in [1.807, 2.05) is 0 Å². The zero-order valence-electron chi connectivity index (χ0n) is 8.75. The molecule has 2 heterocycles. The van der Waals surface area contributed by atoms with Crippen LogP contribution in [0.3, 0.4) is 0 Å². The molecule has 0 bridgehead atoms. The Morgan fingerprint density at radius 1 is 1.53 bits per heavy atom. The van der Waals surface area contributed by atoms with Gasteiger partial charge in [-0.2, -0.15) is 0 Å².